The number of nitrogens with two attached hydrogens (primary N) is 1. The number of hydrogen-bond donors (Lipinski definition) is 3. The molecule has 2 heterocycles. The molecule has 10 heteroatoms. The van der Waals surface area contributed by atoms with Gasteiger partial charge in [0.05, 0.1) is 11.2 Å². The summed E-state index contributed by atoms with van der Waals surface area (Å²) in [7, 11) is 0. The summed E-state index contributed by atoms with van der Waals surface area (Å²) in [6.45, 7) is 5.59. The van der Waals surface area contributed by atoms with Crippen LogP contribution in [0.15, 0.2) is 54.2 Å². The molecule has 0 atom stereocenters. The molecule has 2 aromatic carbocycles. The number of nitrogens with one attached hydrogen (secondary N) is 2. The number of alkyl carbamates (subject to hydrolysis) is 1. The molecule has 0 radical (unpaired) electrons. The average Bonchev–Trinajstić information content (AvgIpc) is 3.34. The average molecular weight is 533 g/mol. The number of ether oxygens (including phenoxy) is 2. The molecule has 38 heavy (non-hydrogen) atoms. The fourth-order valence-electron chi connectivity index (χ4n) is 4.56. The Balaban J connectivity index is 1.24. The third kappa shape index (κ3) is 6.13. The van der Waals surface area contributed by atoms with Gasteiger partial charge in [0.2, 0.25) is 11.8 Å². The first-order valence-corrected chi connectivity index (χ1v) is 13.6. The van der Waals surface area contributed by atoms with Gasteiger partial charge in [0.25, 0.3) is 0 Å². The molecule has 9 nitrogen and oxygen atoms in total. The summed E-state index contributed by atoms with van der Waals surface area (Å²) in [6, 6.07) is 13.8. The second-order valence-corrected chi connectivity index (χ2v) is 11.2. The normalized spacial score (nSPS) is 17.7. The zero-order valence-electron chi connectivity index (χ0n) is 21.7. The fourth-order valence-corrected chi connectivity index (χ4v) is 5.24. The van der Waals surface area contributed by atoms with Crippen molar-refractivity contribution in [1.82, 2.24) is 20.3 Å². The maximum Gasteiger partial charge on any atom is 0.407 e. The van der Waals surface area contributed by atoms with E-state index in [9.17, 15) is 4.79 Å². The van der Waals surface area contributed by atoms with Crippen molar-refractivity contribution in [2.45, 2.75) is 64.1 Å². The van der Waals surface area contributed by atoms with E-state index in [-0.39, 0.29) is 18.2 Å². The van der Waals surface area contributed by atoms with E-state index in [1.807, 2.05) is 63.2 Å². The van der Waals surface area contributed by atoms with E-state index in [0.29, 0.717) is 23.3 Å². The summed E-state index contributed by atoms with van der Waals surface area (Å²) < 4.78 is 11.6. The number of fused-ring (bicyclic) bond motifs is 1. The highest BCUT2D eigenvalue weighted by Gasteiger charge is 2.25. The van der Waals surface area contributed by atoms with Crippen molar-refractivity contribution in [2.75, 3.05) is 11.1 Å². The van der Waals surface area contributed by atoms with E-state index >= 15 is 0 Å². The number of anilines is 2. The van der Waals surface area contributed by atoms with Crippen LogP contribution in [0.4, 0.5) is 16.4 Å². The molecule has 198 valence electrons. The Morgan fingerprint density at radius 2 is 1.74 bits per heavy atom. The number of aromatic nitrogens is 3. The van der Waals surface area contributed by atoms with Gasteiger partial charge in [-0.1, -0.05) is 24.3 Å². The molecule has 0 unspecified atom stereocenters. The summed E-state index contributed by atoms with van der Waals surface area (Å²) in [4.78, 5) is 26.5. The van der Waals surface area contributed by atoms with E-state index in [1.165, 1.54) is 11.3 Å². The van der Waals surface area contributed by atoms with Crippen molar-refractivity contribution in [3.63, 3.8) is 0 Å². The lowest BCUT2D eigenvalue weighted by atomic mass is 9.91. The zero-order valence-corrected chi connectivity index (χ0v) is 22.5. The first-order chi connectivity index (χ1) is 18.2. The molecule has 0 bridgehead atoms. The first-order valence-electron chi connectivity index (χ1n) is 12.7. The molecule has 1 aliphatic carbocycles. The first kappa shape index (κ1) is 25.7. The van der Waals surface area contributed by atoms with Gasteiger partial charge in [0.15, 0.2) is 0 Å². The second-order valence-electron chi connectivity index (χ2n) is 10.4. The van der Waals surface area contributed by atoms with Crippen LogP contribution in [-0.4, -0.2) is 38.7 Å². The third-order valence-corrected chi connectivity index (χ3v) is 7.16. The van der Waals surface area contributed by atoms with E-state index in [0.717, 1.165) is 47.0 Å². The van der Waals surface area contributed by atoms with Gasteiger partial charge in [-0.3, -0.25) is 0 Å². The van der Waals surface area contributed by atoms with Gasteiger partial charge in [-0.05, 0) is 64.7 Å². The number of thiazole rings is 1. The summed E-state index contributed by atoms with van der Waals surface area (Å²) in [5, 5.41) is 8.30. The van der Waals surface area contributed by atoms with Crippen LogP contribution < -0.4 is 21.1 Å². The summed E-state index contributed by atoms with van der Waals surface area (Å²) in [6.07, 6.45) is 4.89. The number of nitrogen functional groups attached to an aromatic ring is 1. The van der Waals surface area contributed by atoms with Crippen LogP contribution in [0.25, 0.3) is 21.3 Å². The predicted octanol–water partition coefficient (Wildman–Crippen LogP) is 6.38. The van der Waals surface area contributed by atoms with Crippen LogP contribution in [0.5, 0.6) is 11.6 Å². The van der Waals surface area contributed by atoms with Crippen molar-refractivity contribution in [3.05, 3.63) is 54.2 Å². The lowest BCUT2D eigenvalue weighted by Crippen LogP contribution is -2.42. The lowest BCUT2D eigenvalue weighted by molar-refractivity contribution is 0.0492. The molecule has 1 aliphatic rings. The standard InChI is InChI=1S/C28H32N6O3S/c1-28(2,3)37-27(35)33-18-10-8-17(9-11-18)32-26-30-15-14-22(34-26)24-25(31-16-38-24)36-23-13-12-21(29)19-6-4-5-7-20(19)23/h4-7,12-18H,8-11,29H2,1-3H3,(H,33,35)(H,30,32,34). The van der Waals surface area contributed by atoms with Gasteiger partial charge in [-0.15, -0.1) is 11.3 Å². The number of carbonyl (C=O) groups excluding carboxylic acids is 1. The molecule has 0 spiro atoms. The number of hydrogen-bond acceptors (Lipinski definition) is 9. The topological polar surface area (TPSA) is 124 Å². The Bertz CT molecular complexity index is 1430. The van der Waals surface area contributed by atoms with Crippen LogP contribution in [0, 0.1) is 0 Å². The number of rotatable bonds is 6. The van der Waals surface area contributed by atoms with Gasteiger partial charge in [-0.25, -0.2) is 19.7 Å². The van der Waals surface area contributed by atoms with E-state index in [2.05, 4.69) is 20.6 Å². The SMILES string of the molecule is CC(C)(C)OC(=O)NC1CCC(Nc2nccc(-c3scnc3Oc3ccc(N)c4ccccc34)n2)CC1. The lowest BCUT2D eigenvalue weighted by Gasteiger charge is -2.30. The smallest absolute Gasteiger partial charge is 0.407 e. The van der Waals surface area contributed by atoms with Crippen LogP contribution in [0.3, 0.4) is 0 Å². The van der Waals surface area contributed by atoms with E-state index in [4.69, 9.17) is 20.2 Å². The van der Waals surface area contributed by atoms with Crippen molar-refractivity contribution < 1.29 is 14.3 Å². The molecule has 0 saturated heterocycles. The van der Waals surface area contributed by atoms with Gasteiger partial charge >= 0.3 is 6.09 Å². The summed E-state index contributed by atoms with van der Waals surface area (Å²) in [5.41, 5.74) is 8.83. The number of carbonyl (C=O) groups is 1. The maximum atomic E-state index is 12.1. The number of benzene rings is 2. The fraction of sp³-hybridized carbons (Fsp3) is 0.357. The van der Waals surface area contributed by atoms with Crippen LogP contribution in [0.2, 0.25) is 0 Å². The Morgan fingerprint density at radius 3 is 2.50 bits per heavy atom. The van der Waals surface area contributed by atoms with Crippen molar-refractivity contribution in [1.29, 1.82) is 0 Å². The largest absolute Gasteiger partial charge is 0.444 e. The minimum Gasteiger partial charge on any atom is -0.444 e. The minimum atomic E-state index is -0.503. The molecule has 1 saturated carbocycles. The molecular formula is C28H32N6O3S. The highest BCUT2D eigenvalue weighted by atomic mass is 32.1. The van der Waals surface area contributed by atoms with Gasteiger partial charge in [-0.2, -0.15) is 0 Å². The molecule has 0 aliphatic heterocycles. The molecule has 4 N–H and O–H groups in total. The molecule has 1 amide bonds. The van der Waals surface area contributed by atoms with Gasteiger partial charge in [0.1, 0.15) is 16.2 Å². The van der Waals surface area contributed by atoms with Crippen LogP contribution >= 0.6 is 11.3 Å². The van der Waals surface area contributed by atoms with Gasteiger partial charge < -0.3 is 25.8 Å². The molecule has 4 aromatic rings. The Labute approximate surface area is 225 Å². The highest BCUT2D eigenvalue weighted by Crippen LogP contribution is 2.38. The second kappa shape index (κ2) is 10.8. The van der Waals surface area contributed by atoms with Crippen molar-refractivity contribution >= 4 is 39.8 Å². The zero-order chi connectivity index (χ0) is 26.7. The molecule has 2 aromatic heterocycles. The predicted molar refractivity (Wildman–Crippen MR) is 151 cm³/mol. The monoisotopic (exact) mass is 532 g/mol. The molecule has 5 rings (SSSR count). The van der Waals surface area contributed by atoms with E-state index < -0.39 is 5.60 Å². The van der Waals surface area contributed by atoms with Crippen molar-refractivity contribution in [2.24, 2.45) is 0 Å². The van der Waals surface area contributed by atoms with Crippen molar-refractivity contribution in [3.8, 4) is 22.2 Å². The summed E-state index contributed by atoms with van der Waals surface area (Å²) in [5.74, 6) is 1.73. The minimum absolute atomic E-state index is 0.108. The summed E-state index contributed by atoms with van der Waals surface area (Å²) >= 11 is 1.46. The van der Waals surface area contributed by atoms with Gasteiger partial charge in [0, 0.05) is 34.7 Å². The Kier molecular flexibility index (Phi) is 7.33. The number of amides is 1. The van der Waals surface area contributed by atoms with Crippen LogP contribution in [0.1, 0.15) is 46.5 Å². The highest BCUT2D eigenvalue weighted by molar-refractivity contribution is 7.13. The molecular weight excluding hydrogens is 500 g/mol. The Hall–Kier alpha value is -3.92. The molecule has 1 fully saturated rings. The third-order valence-electron chi connectivity index (χ3n) is 6.33. The van der Waals surface area contributed by atoms with Crippen LogP contribution in [-0.2, 0) is 4.74 Å². The Morgan fingerprint density at radius 1 is 1.00 bits per heavy atom. The number of nitrogens with zero attached hydrogens (tertiary/aromatic N) is 3. The van der Waals surface area contributed by atoms with E-state index in [1.54, 1.807) is 11.7 Å². The quantitative estimate of drug-likeness (QED) is 0.245. The maximum absolute atomic E-state index is 12.1.